The number of aromatic nitrogens is 2. The Bertz CT molecular complexity index is 733. The molecule has 6 nitrogen and oxygen atoms in total. The van der Waals surface area contributed by atoms with Gasteiger partial charge in [0.2, 0.25) is 6.33 Å². The van der Waals surface area contributed by atoms with Crippen LogP contribution in [0.1, 0.15) is 11.3 Å². The summed E-state index contributed by atoms with van der Waals surface area (Å²) in [5, 5.41) is 13.5. The number of methoxy groups -OCH3 is 1. The number of H-pyrrole nitrogens is 1. The SMILES string of the molecule is COc1ccc(C)c2c1=NCc1[nH]cnc1[N+]=2[O-]. The minimum atomic E-state index is 0.369. The molecule has 0 amide bonds. The van der Waals surface area contributed by atoms with Crippen LogP contribution in [0.4, 0.5) is 5.82 Å². The maximum atomic E-state index is 12.4. The van der Waals surface area contributed by atoms with Crippen molar-refractivity contribution in [2.24, 2.45) is 4.99 Å². The minimum absolute atomic E-state index is 0.369. The predicted molar refractivity (Wildman–Crippen MR) is 65.1 cm³/mol. The molecular formula is C12H12N4O2. The third kappa shape index (κ3) is 1.38. The maximum Gasteiger partial charge on any atom is 0.349 e. The summed E-state index contributed by atoms with van der Waals surface area (Å²) in [4.78, 5) is 11.4. The molecule has 1 aromatic heterocycles. The van der Waals surface area contributed by atoms with Crippen molar-refractivity contribution >= 4 is 5.82 Å². The van der Waals surface area contributed by atoms with Gasteiger partial charge in [-0.3, -0.25) is 4.99 Å². The normalized spacial score (nSPS) is 13.3. The molecule has 2 aromatic rings. The standard InChI is InChI=1S/C12H12N4O2/c1-7-3-4-9(18-2)10-11(7)16(17)12-8(5-13-10)14-6-15-12/h3-4,6H,5H2,1-2H3,(H,14,15). The van der Waals surface area contributed by atoms with Crippen LogP contribution < -0.4 is 20.2 Å². The van der Waals surface area contributed by atoms with Crippen LogP contribution in [0, 0.1) is 12.1 Å². The van der Waals surface area contributed by atoms with Gasteiger partial charge < -0.3 is 14.9 Å². The van der Waals surface area contributed by atoms with Crippen LogP contribution >= 0.6 is 0 Å². The molecule has 6 heteroatoms. The van der Waals surface area contributed by atoms with E-state index < -0.39 is 0 Å². The van der Waals surface area contributed by atoms with E-state index in [0.29, 0.717) is 34.5 Å². The smallest absolute Gasteiger partial charge is 0.349 e. The average Bonchev–Trinajstić information content (AvgIpc) is 2.79. The fourth-order valence-corrected chi connectivity index (χ4v) is 2.11. The number of aryl methyl sites for hydroxylation is 1. The van der Waals surface area contributed by atoms with Gasteiger partial charge in [0, 0.05) is 0 Å². The summed E-state index contributed by atoms with van der Waals surface area (Å²) in [6.45, 7) is 2.26. The van der Waals surface area contributed by atoms with Crippen molar-refractivity contribution in [3.05, 3.63) is 45.6 Å². The number of imidazole rings is 1. The van der Waals surface area contributed by atoms with Crippen LogP contribution in [0.25, 0.3) is 0 Å². The number of ether oxygens (including phenoxy) is 1. The second-order valence-electron chi connectivity index (χ2n) is 4.10. The quantitative estimate of drug-likeness (QED) is 0.574. The van der Waals surface area contributed by atoms with Crippen molar-refractivity contribution in [3.8, 4) is 5.75 Å². The first-order valence-corrected chi connectivity index (χ1v) is 5.57. The van der Waals surface area contributed by atoms with E-state index in [-0.39, 0.29) is 0 Å². The molecule has 1 aromatic carbocycles. The second kappa shape index (κ2) is 3.83. The number of nitrogens with zero attached hydrogens (tertiary/aromatic N) is 3. The summed E-state index contributed by atoms with van der Waals surface area (Å²) >= 11 is 0. The Kier molecular flexibility index (Phi) is 2.29. The van der Waals surface area contributed by atoms with Crippen molar-refractivity contribution in [2.75, 3.05) is 7.11 Å². The molecule has 0 radical (unpaired) electrons. The summed E-state index contributed by atoms with van der Waals surface area (Å²) in [6, 6.07) is 3.66. The lowest BCUT2D eigenvalue weighted by molar-refractivity contribution is 0.407. The van der Waals surface area contributed by atoms with Gasteiger partial charge in [-0.05, 0) is 23.5 Å². The largest absolute Gasteiger partial charge is 0.710 e. The molecule has 0 atom stereocenters. The van der Waals surface area contributed by atoms with Crippen LogP contribution in [0.3, 0.4) is 0 Å². The molecule has 0 saturated carbocycles. The van der Waals surface area contributed by atoms with Gasteiger partial charge in [-0.1, -0.05) is 6.07 Å². The van der Waals surface area contributed by atoms with E-state index in [1.165, 1.54) is 6.33 Å². The Morgan fingerprint density at radius 1 is 1.44 bits per heavy atom. The molecule has 0 unspecified atom stereocenters. The van der Waals surface area contributed by atoms with Gasteiger partial charge in [0.1, 0.15) is 16.8 Å². The lowest BCUT2D eigenvalue weighted by Gasteiger charge is -2.07. The lowest BCUT2D eigenvalue weighted by atomic mass is 10.2. The molecule has 2 heterocycles. The number of fused-ring (bicyclic) bond motifs is 2. The fourth-order valence-electron chi connectivity index (χ4n) is 2.11. The summed E-state index contributed by atoms with van der Waals surface area (Å²) in [5.41, 5.74) is 1.56. The zero-order chi connectivity index (χ0) is 12.7. The second-order valence-corrected chi connectivity index (χ2v) is 4.10. The summed E-state index contributed by atoms with van der Waals surface area (Å²) in [6.07, 6.45) is 1.51. The van der Waals surface area contributed by atoms with Gasteiger partial charge in [0.15, 0.2) is 5.36 Å². The number of hydrogen-bond acceptors (Lipinski definition) is 4. The van der Waals surface area contributed by atoms with Gasteiger partial charge in [0.25, 0.3) is 0 Å². The molecule has 0 saturated heterocycles. The third-order valence-electron chi connectivity index (χ3n) is 3.02. The van der Waals surface area contributed by atoms with Gasteiger partial charge in [-0.15, -0.1) is 0 Å². The predicted octanol–water partition coefficient (Wildman–Crippen LogP) is 0.181. The first kappa shape index (κ1) is 10.8. The number of nitrogens with one attached hydrogen (secondary N) is 1. The molecule has 0 spiro atoms. The van der Waals surface area contributed by atoms with Gasteiger partial charge >= 0.3 is 5.82 Å². The first-order valence-electron chi connectivity index (χ1n) is 5.57. The number of hydrogen-bond donors (Lipinski definition) is 1. The Hall–Kier alpha value is -2.37. The average molecular weight is 244 g/mol. The highest BCUT2D eigenvalue weighted by Gasteiger charge is 2.19. The molecule has 0 fully saturated rings. The van der Waals surface area contributed by atoms with Crippen LogP contribution in [-0.2, 0) is 6.54 Å². The van der Waals surface area contributed by atoms with E-state index in [4.69, 9.17) is 4.74 Å². The summed E-state index contributed by atoms with van der Waals surface area (Å²) in [7, 11) is 1.57. The van der Waals surface area contributed by atoms with Crippen molar-refractivity contribution < 1.29 is 4.74 Å². The highest BCUT2D eigenvalue weighted by molar-refractivity contribution is 5.38. The van der Waals surface area contributed by atoms with Crippen LogP contribution in [0.5, 0.6) is 5.75 Å². The van der Waals surface area contributed by atoms with E-state index in [0.717, 1.165) is 10.3 Å². The maximum absolute atomic E-state index is 12.4. The molecule has 92 valence electrons. The van der Waals surface area contributed by atoms with E-state index in [1.807, 2.05) is 19.1 Å². The number of benzene rings is 1. The van der Waals surface area contributed by atoms with Crippen LogP contribution in [-0.4, -0.2) is 17.1 Å². The van der Waals surface area contributed by atoms with E-state index >= 15 is 0 Å². The first-order chi connectivity index (χ1) is 8.72. The lowest BCUT2D eigenvalue weighted by Crippen LogP contribution is -2.37. The minimum Gasteiger partial charge on any atom is -0.710 e. The zero-order valence-corrected chi connectivity index (χ0v) is 10.1. The summed E-state index contributed by atoms with van der Waals surface area (Å²) in [5.74, 6) is 0.968. The Morgan fingerprint density at radius 2 is 2.28 bits per heavy atom. The van der Waals surface area contributed by atoms with Crippen molar-refractivity contribution in [1.82, 2.24) is 14.7 Å². The van der Waals surface area contributed by atoms with E-state index in [1.54, 1.807) is 7.11 Å². The van der Waals surface area contributed by atoms with Gasteiger partial charge in [-0.25, -0.2) is 4.74 Å². The summed E-state index contributed by atoms with van der Waals surface area (Å²) < 4.78 is 6.07. The topological polar surface area (TPSA) is 76.3 Å². The molecule has 18 heavy (non-hydrogen) atoms. The molecular weight excluding hydrogens is 232 g/mol. The molecule has 3 rings (SSSR count). The van der Waals surface area contributed by atoms with E-state index in [9.17, 15) is 5.21 Å². The molecule has 0 bridgehead atoms. The number of aromatic amines is 1. The van der Waals surface area contributed by atoms with Gasteiger partial charge in [0.05, 0.1) is 13.7 Å². The molecule has 0 aliphatic carbocycles. The molecule has 1 aliphatic rings. The van der Waals surface area contributed by atoms with Crippen molar-refractivity contribution in [3.63, 3.8) is 0 Å². The monoisotopic (exact) mass is 244 g/mol. The van der Waals surface area contributed by atoms with Crippen molar-refractivity contribution in [2.45, 2.75) is 13.5 Å². The van der Waals surface area contributed by atoms with Crippen LogP contribution in [0.15, 0.2) is 23.5 Å². The Balaban J connectivity index is 2.50. The Labute approximate surface area is 103 Å². The Morgan fingerprint density at radius 3 is 3.06 bits per heavy atom. The number of rotatable bonds is 1. The highest BCUT2D eigenvalue weighted by Crippen LogP contribution is 2.13. The van der Waals surface area contributed by atoms with Gasteiger partial charge in [-0.2, -0.15) is 0 Å². The molecule has 1 aliphatic heterocycles. The van der Waals surface area contributed by atoms with Crippen LogP contribution in [0.2, 0.25) is 0 Å². The molecule has 1 N–H and O–H groups in total. The van der Waals surface area contributed by atoms with E-state index in [2.05, 4.69) is 15.0 Å². The fraction of sp³-hybridized carbons (Fsp3) is 0.250. The highest BCUT2D eigenvalue weighted by atomic mass is 16.5. The zero-order valence-electron chi connectivity index (χ0n) is 10.1. The van der Waals surface area contributed by atoms with Crippen molar-refractivity contribution in [1.29, 1.82) is 0 Å². The third-order valence-corrected chi connectivity index (χ3v) is 3.02.